The van der Waals surface area contributed by atoms with Crippen molar-refractivity contribution in [1.29, 1.82) is 0 Å². The van der Waals surface area contributed by atoms with Gasteiger partial charge in [-0.1, -0.05) is 22.0 Å². The summed E-state index contributed by atoms with van der Waals surface area (Å²) in [6.45, 7) is 0. The molecule has 3 nitrogen and oxygen atoms in total. The van der Waals surface area contributed by atoms with E-state index in [0.717, 1.165) is 0 Å². The maximum atomic E-state index is 13.6. The zero-order valence-electron chi connectivity index (χ0n) is 10.1. The lowest BCUT2D eigenvalue weighted by atomic mass is 10.1. The van der Waals surface area contributed by atoms with Gasteiger partial charge in [-0.3, -0.25) is 0 Å². The zero-order chi connectivity index (χ0) is 13.8. The Morgan fingerprint density at radius 2 is 1.95 bits per heavy atom. The summed E-state index contributed by atoms with van der Waals surface area (Å²) >= 11 is 3.29. The molecule has 0 amide bonds. The molecule has 0 aliphatic carbocycles. The van der Waals surface area contributed by atoms with E-state index < -0.39 is 16.5 Å². The van der Waals surface area contributed by atoms with Crippen molar-refractivity contribution in [3.63, 3.8) is 0 Å². The molecular weight excluding hydrogens is 318 g/mol. The van der Waals surface area contributed by atoms with E-state index in [1.54, 1.807) is 6.07 Å². The molecule has 0 bridgehead atoms. The fraction of sp³-hybridized carbons (Fsp3) is 0.231. The van der Waals surface area contributed by atoms with Gasteiger partial charge in [0, 0.05) is 23.7 Å². The van der Waals surface area contributed by atoms with Crippen molar-refractivity contribution in [3.8, 4) is 5.88 Å². The Kier molecular flexibility index (Phi) is 4.42. The number of ether oxygens (including phenoxy) is 1. The monoisotopic (exact) mass is 328 g/mol. The van der Waals surface area contributed by atoms with Crippen molar-refractivity contribution in [2.24, 2.45) is 0 Å². The van der Waals surface area contributed by atoms with Crippen LogP contribution in [0.5, 0.6) is 5.88 Å². The molecule has 0 aliphatic heterocycles. The van der Waals surface area contributed by atoms with Crippen LogP contribution in [0.4, 0.5) is 8.78 Å². The third kappa shape index (κ3) is 3.26. The van der Waals surface area contributed by atoms with Gasteiger partial charge < -0.3 is 4.74 Å². The lowest BCUT2D eigenvalue weighted by molar-refractivity contribution is 0.396. The Bertz CT molecular complexity index is 560. The van der Waals surface area contributed by atoms with E-state index in [9.17, 15) is 8.78 Å². The van der Waals surface area contributed by atoms with Crippen molar-refractivity contribution >= 4 is 15.9 Å². The first-order chi connectivity index (χ1) is 9.11. The molecule has 0 radical (unpaired) electrons. The number of alkyl halides is 1. The van der Waals surface area contributed by atoms with Crippen LogP contribution >= 0.6 is 15.9 Å². The molecule has 0 spiro atoms. The number of aromatic nitrogens is 2. The predicted molar refractivity (Wildman–Crippen MR) is 70.3 cm³/mol. The van der Waals surface area contributed by atoms with Crippen LogP contribution < -0.4 is 4.74 Å². The van der Waals surface area contributed by atoms with Crippen molar-refractivity contribution in [2.75, 3.05) is 7.11 Å². The van der Waals surface area contributed by atoms with E-state index in [2.05, 4.69) is 25.9 Å². The second kappa shape index (κ2) is 6.06. The van der Waals surface area contributed by atoms with Gasteiger partial charge in [0.2, 0.25) is 5.88 Å². The molecule has 0 fully saturated rings. The summed E-state index contributed by atoms with van der Waals surface area (Å²) in [5.41, 5.74) is 0.636. The molecule has 1 unspecified atom stereocenters. The van der Waals surface area contributed by atoms with Crippen LogP contribution in [0.2, 0.25) is 0 Å². The van der Waals surface area contributed by atoms with Gasteiger partial charge in [-0.2, -0.15) is 0 Å². The van der Waals surface area contributed by atoms with Crippen LogP contribution in [0.25, 0.3) is 0 Å². The van der Waals surface area contributed by atoms with Crippen molar-refractivity contribution in [2.45, 2.75) is 11.2 Å². The molecule has 0 aliphatic rings. The second-order valence-electron chi connectivity index (χ2n) is 3.86. The van der Waals surface area contributed by atoms with Gasteiger partial charge in [0.25, 0.3) is 0 Å². The molecule has 0 saturated carbocycles. The van der Waals surface area contributed by atoms with E-state index in [0.29, 0.717) is 18.0 Å². The maximum Gasteiger partial charge on any atom is 0.216 e. The molecule has 1 aromatic carbocycles. The largest absolute Gasteiger partial charge is 0.481 e. The highest BCUT2D eigenvalue weighted by Gasteiger charge is 2.18. The number of rotatable bonds is 4. The van der Waals surface area contributed by atoms with E-state index in [1.807, 2.05) is 0 Å². The minimum Gasteiger partial charge on any atom is -0.481 e. The van der Waals surface area contributed by atoms with Crippen molar-refractivity contribution < 1.29 is 13.5 Å². The number of hydrogen-bond donors (Lipinski definition) is 0. The fourth-order valence-corrected chi connectivity index (χ4v) is 2.46. The van der Waals surface area contributed by atoms with Crippen LogP contribution in [0.15, 0.2) is 30.6 Å². The standard InChI is InChI=1S/C13H11BrF2N2O/c1-19-12-6-8(17-7-18-12)5-9(14)13-10(15)3-2-4-11(13)16/h2-4,6-7,9H,5H2,1H3. The molecule has 6 heteroatoms. The van der Waals surface area contributed by atoms with Crippen LogP contribution in [0.3, 0.4) is 0 Å². The topological polar surface area (TPSA) is 35.0 Å². The minimum atomic E-state index is -0.581. The zero-order valence-corrected chi connectivity index (χ0v) is 11.7. The highest BCUT2D eigenvalue weighted by Crippen LogP contribution is 2.30. The molecule has 0 N–H and O–H groups in total. The SMILES string of the molecule is COc1cc(CC(Br)c2c(F)cccc2F)ncn1. The van der Waals surface area contributed by atoms with Crippen molar-refractivity contribution in [3.05, 3.63) is 53.5 Å². The van der Waals surface area contributed by atoms with E-state index >= 15 is 0 Å². The molecule has 19 heavy (non-hydrogen) atoms. The Balaban J connectivity index is 2.23. The van der Waals surface area contributed by atoms with Gasteiger partial charge in [0.05, 0.1) is 11.9 Å². The molecular formula is C13H11BrF2N2O. The van der Waals surface area contributed by atoms with E-state index in [1.165, 1.54) is 31.6 Å². The van der Waals surface area contributed by atoms with Crippen LogP contribution in [0.1, 0.15) is 16.1 Å². The van der Waals surface area contributed by atoms with Crippen molar-refractivity contribution in [1.82, 2.24) is 9.97 Å². The predicted octanol–water partition coefficient (Wildman–Crippen LogP) is 3.44. The van der Waals surface area contributed by atoms with Crippen LogP contribution in [-0.2, 0) is 6.42 Å². The summed E-state index contributed by atoms with van der Waals surface area (Å²) < 4.78 is 32.2. The highest BCUT2D eigenvalue weighted by atomic mass is 79.9. The normalized spacial score (nSPS) is 12.2. The summed E-state index contributed by atoms with van der Waals surface area (Å²) in [4.78, 5) is 7.42. The third-order valence-electron chi connectivity index (χ3n) is 2.61. The summed E-state index contributed by atoms with van der Waals surface area (Å²) in [5.74, 6) is -0.746. The average Bonchev–Trinajstić information content (AvgIpc) is 2.38. The summed E-state index contributed by atoms with van der Waals surface area (Å²) in [5, 5.41) is 0. The lowest BCUT2D eigenvalue weighted by Gasteiger charge is -2.12. The van der Waals surface area contributed by atoms with E-state index in [4.69, 9.17) is 4.74 Å². The molecule has 1 atom stereocenters. The molecule has 2 rings (SSSR count). The van der Waals surface area contributed by atoms with Gasteiger partial charge in [0.1, 0.15) is 18.0 Å². The van der Waals surface area contributed by atoms with Gasteiger partial charge in [-0.05, 0) is 12.1 Å². The molecule has 0 saturated heterocycles. The lowest BCUT2D eigenvalue weighted by Crippen LogP contribution is -2.04. The van der Waals surface area contributed by atoms with Crippen LogP contribution in [-0.4, -0.2) is 17.1 Å². The van der Waals surface area contributed by atoms with Crippen LogP contribution in [0, 0.1) is 11.6 Å². The number of benzene rings is 1. The Morgan fingerprint density at radius 1 is 1.26 bits per heavy atom. The minimum absolute atomic E-state index is 0.0000732. The third-order valence-corrected chi connectivity index (χ3v) is 3.39. The summed E-state index contributed by atoms with van der Waals surface area (Å²) in [6.07, 6.45) is 1.68. The number of hydrogen-bond acceptors (Lipinski definition) is 3. The molecule has 1 heterocycles. The first-order valence-electron chi connectivity index (χ1n) is 5.54. The second-order valence-corrected chi connectivity index (χ2v) is 4.96. The van der Waals surface area contributed by atoms with Gasteiger partial charge in [0.15, 0.2) is 0 Å². The molecule has 1 aromatic heterocycles. The van der Waals surface area contributed by atoms with Gasteiger partial charge in [-0.15, -0.1) is 0 Å². The Labute approximate surface area is 117 Å². The number of nitrogens with zero attached hydrogens (tertiary/aromatic N) is 2. The maximum absolute atomic E-state index is 13.6. The molecule has 2 aromatic rings. The smallest absolute Gasteiger partial charge is 0.216 e. The summed E-state index contributed by atoms with van der Waals surface area (Å²) in [7, 11) is 1.49. The summed E-state index contributed by atoms with van der Waals surface area (Å²) in [6, 6.07) is 5.43. The Hall–Kier alpha value is -1.56. The quantitative estimate of drug-likeness (QED) is 0.806. The molecule has 100 valence electrons. The average molecular weight is 329 g/mol. The highest BCUT2D eigenvalue weighted by molar-refractivity contribution is 9.09. The first-order valence-corrected chi connectivity index (χ1v) is 6.46. The van der Waals surface area contributed by atoms with E-state index in [-0.39, 0.29) is 5.56 Å². The fourth-order valence-electron chi connectivity index (χ4n) is 1.70. The number of halogens is 3. The van der Waals surface area contributed by atoms with Gasteiger partial charge in [-0.25, -0.2) is 18.7 Å². The van der Waals surface area contributed by atoms with Gasteiger partial charge >= 0.3 is 0 Å². The Morgan fingerprint density at radius 3 is 2.58 bits per heavy atom. The first kappa shape index (κ1) is 13.9. The number of methoxy groups -OCH3 is 1.